The van der Waals surface area contributed by atoms with E-state index in [4.69, 9.17) is 0 Å². The Labute approximate surface area is 196 Å². The number of nitrogens with one attached hydrogen (secondary N) is 1. The Kier molecular flexibility index (Phi) is 6.60. The van der Waals surface area contributed by atoms with Crippen molar-refractivity contribution >= 4 is 40.9 Å². The first-order chi connectivity index (χ1) is 15.8. The Balaban J connectivity index is 1.39. The largest absolute Gasteiger partial charge is 0.322 e. The average Bonchev–Trinajstić information content (AvgIpc) is 3.08. The van der Waals surface area contributed by atoms with E-state index in [2.05, 4.69) is 19.2 Å². The molecule has 0 radical (unpaired) electrons. The van der Waals surface area contributed by atoms with Gasteiger partial charge in [-0.2, -0.15) is 0 Å². The predicted octanol–water partition coefficient (Wildman–Crippen LogP) is 5.63. The quantitative estimate of drug-likeness (QED) is 0.483. The molecule has 1 N–H and O–H groups in total. The van der Waals surface area contributed by atoms with Crippen molar-refractivity contribution < 1.29 is 18.8 Å². The van der Waals surface area contributed by atoms with Crippen LogP contribution >= 0.6 is 11.8 Å². The topological polar surface area (TPSA) is 66.5 Å². The summed E-state index contributed by atoms with van der Waals surface area (Å²) in [4.78, 5) is 39.8. The summed E-state index contributed by atoms with van der Waals surface area (Å²) < 4.78 is 13.0. The van der Waals surface area contributed by atoms with Gasteiger partial charge in [0.2, 0.25) is 11.8 Å². The van der Waals surface area contributed by atoms with E-state index in [0.717, 1.165) is 10.5 Å². The van der Waals surface area contributed by atoms with Gasteiger partial charge in [0, 0.05) is 22.6 Å². The first kappa shape index (κ1) is 22.7. The molecule has 0 spiro atoms. The molecule has 3 aromatic carbocycles. The summed E-state index contributed by atoms with van der Waals surface area (Å²) in [6.07, 6.45) is 0.137. The first-order valence-electron chi connectivity index (χ1n) is 10.6. The molecule has 1 fully saturated rings. The number of rotatable bonds is 6. The number of nitrogens with zero attached hydrogens (tertiary/aromatic N) is 1. The summed E-state index contributed by atoms with van der Waals surface area (Å²) in [5, 5.41) is 2.26. The summed E-state index contributed by atoms with van der Waals surface area (Å²) in [7, 11) is 0. The Morgan fingerprint density at radius 3 is 2.21 bits per heavy atom. The fourth-order valence-electron chi connectivity index (χ4n) is 3.56. The lowest BCUT2D eigenvalue weighted by molar-refractivity contribution is -0.121. The third-order valence-electron chi connectivity index (χ3n) is 5.42. The summed E-state index contributed by atoms with van der Waals surface area (Å²) in [5.74, 6) is -0.810. The van der Waals surface area contributed by atoms with Gasteiger partial charge in [-0.15, -0.1) is 11.8 Å². The van der Waals surface area contributed by atoms with Gasteiger partial charge in [-0.05, 0) is 72.1 Å². The molecular formula is C26H23FN2O3S. The number of benzene rings is 3. The molecule has 0 bridgehead atoms. The van der Waals surface area contributed by atoms with Gasteiger partial charge in [0.1, 0.15) is 5.82 Å². The van der Waals surface area contributed by atoms with Crippen LogP contribution in [0.2, 0.25) is 0 Å². The van der Waals surface area contributed by atoms with Crippen LogP contribution in [-0.2, 0) is 9.59 Å². The van der Waals surface area contributed by atoms with Gasteiger partial charge in [0.15, 0.2) is 0 Å². The maximum absolute atomic E-state index is 13.0. The summed E-state index contributed by atoms with van der Waals surface area (Å²) >= 11 is 1.33. The van der Waals surface area contributed by atoms with E-state index in [-0.39, 0.29) is 24.1 Å². The van der Waals surface area contributed by atoms with Crippen LogP contribution in [0, 0.1) is 5.82 Å². The lowest BCUT2D eigenvalue weighted by atomic mass is 10.0. The number of carbonyl (C=O) groups is 3. The van der Waals surface area contributed by atoms with Crippen LogP contribution < -0.4 is 10.2 Å². The van der Waals surface area contributed by atoms with Crippen molar-refractivity contribution in [3.8, 4) is 0 Å². The van der Waals surface area contributed by atoms with Gasteiger partial charge in [-0.25, -0.2) is 9.29 Å². The molecule has 7 heteroatoms. The van der Waals surface area contributed by atoms with E-state index in [1.54, 1.807) is 24.3 Å². The fraction of sp³-hybridized carbons (Fsp3) is 0.192. The van der Waals surface area contributed by atoms with Gasteiger partial charge < -0.3 is 5.32 Å². The molecule has 168 valence electrons. The lowest BCUT2D eigenvalue weighted by Gasteiger charge is -2.16. The second kappa shape index (κ2) is 9.58. The number of anilines is 2. The second-order valence-corrected chi connectivity index (χ2v) is 9.39. The zero-order valence-corrected chi connectivity index (χ0v) is 19.1. The number of amides is 3. The molecular weight excluding hydrogens is 439 g/mol. The van der Waals surface area contributed by atoms with Crippen molar-refractivity contribution in [3.05, 3.63) is 89.7 Å². The highest BCUT2D eigenvalue weighted by Crippen LogP contribution is 2.34. The predicted molar refractivity (Wildman–Crippen MR) is 128 cm³/mol. The molecule has 1 aliphatic heterocycles. The molecule has 3 amide bonds. The Morgan fingerprint density at radius 1 is 0.970 bits per heavy atom. The van der Waals surface area contributed by atoms with Gasteiger partial charge >= 0.3 is 0 Å². The summed E-state index contributed by atoms with van der Waals surface area (Å²) in [5.41, 5.74) is 2.67. The lowest BCUT2D eigenvalue weighted by Crippen LogP contribution is -2.31. The number of hydrogen-bond acceptors (Lipinski definition) is 4. The van der Waals surface area contributed by atoms with Crippen LogP contribution in [0.1, 0.15) is 42.1 Å². The van der Waals surface area contributed by atoms with Crippen molar-refractivity contribution in [1.29, 1.82) is 0 Å². The fourth-order valence-corrected chi connectivity index (χ4v) is 4.62. The number of imide groups is 1. The van der Waals surface area contributed by atoms with E-state index >= 15 is 0 Å². The molecule has 1 saturated heterocycles. The molecule has 3 aromatic rings. The van der Waals surface area contributed by atoms with Crippen LogP contribution in [0.5, 0.6) is 0 Å². The summed E-state index contributed by atoms with van der Waals surface area (Å²) in [6, 6.07) is 19.9. The molecule has 33 heavy (non-hydrogen) atoms. The zero-order chi connectivity index (χ0) is 23.5. The minimum Gasteiger partial charge on any atom is -0.322 e. The highest BCUT2D eigenvalue weighted by atomic mass is 32.2. The average molecular weight is 463 g/mol. The maximum atomic E-state index is 13.0. The van der Waals surface area contributed by atoms with Crippen LogP contribution in [0.3, 0.4) is 0 Å². The number of halogens is 1. The molecule has 1 aliphatic rings. The Bertz CT molecular complexity index is 1180. The van der Waals surface area contributed by atoms with Crippen molar-refractivity contribution in [3.63, 3.8) is 0 Å². The molecule has 1 unspecified atom stereocenters. The van der Waals surface area contributed by atoms with Gasteiger partial charge in [-0.3, -0.25) is 14.4 Å². The molecule has 4 rings (SSSR count). The smallest absolute Gasteiger partial charge is 0.255 e. The monoisotopic (exact) mass is 462 g/mol. The number of thioether (sulfide) groups is 1. The van der Waals surface area contributed by atoms with Crippen LogP contribution in [-0.4, -0.2) is 23.0 Å². The van der Waals surface area contributed by atoms with Crippen molar-refractivity contribution in [2.75, 3.05) is 10.2 Å². The highest BCUT2D eigenvalue weighted by Gasteiger charge is 2.40. The Morgan fingerprint density at radius 2 is 1.61 bits per heavy atom. The third-order valence-corrected chi connectivity index (χ3v) is 6.62. The van der Waals surface area contributed by atoms with E-state index in [9.17, 15) is 18.8 Å². The minimum atomic E-state index is -0.498. The molecule has 0 aliphatic carbocycles. The van der Waals surface area contributed by atoms with E-state index in [1.807, 2.05) is 24.3 Å². The first-order valence-corrected chi connectivity index (χ1v) is 11.5. The molecule has 0 saturated carbocycles. The van der Waals surface area contributed by atoms with Gasteiger partial charge in [0.05, 0.1) is 10.9 Å². The van der Waals surface area contributed by atoms with Crippen molar-refractivity contribution in [2.24, 2.45) is 0 Å². The molecule has 1 atom stereocenters. The van der Waals surface area contributed by atoms with Gasteiger partial charge in [0.25, 0.3) is 5.91 Å². The van der Waals surface area contributed by atoms with Gasteiger partial charge in [-0.1, -0.05) is 26.0 Å². The van der Waals surface area contributed by atoms with Crippen LogP contribution in [0.25, 0.3) is 0 Å². The second-order valence-electron chi connectivity index (χ2n) is 8.11. The number of hydrogen-bond donors (Lipinski definition) is 1. The van der Waals surface area contributed by atoms with E-state index < -0.39 is 11.1 Å². The minimum absolute atomic E-state index is 0.137. The van der Waals surface area contributed by atoms with Crippen LogP contribution in [0.4, 0.5) is 15.8 Å². The Hall–Kier alpha value is -3.45. The maximum Gasteiger partial charge on any atom is 0.255 e. The third kappa shape index (κ3) is 5.14. The SMILES string of the molecule is CC(C)c1ccc(N2C(=O)CC(Sc3ccc(NC(=O)c4ccc(F)cc4)cc3)C2=O)cc1. The molecule has 0 aromatic heterocycles. The normalized spacial score (nSPS) is 15.9. The van der Waals surface area contributed by atoms with Crippen LogP contribution in [0.15, 0.2) is 77.7 Å². The van der Waals surface area contributed by atoms with E-state index in [0.29, 0.717) is 22.9 Å². The standard InChI is InChI=1S/C26H23FN2O3S/c1-16(2)17-5-11-21(12-6-17)29-24(30)15-23(26(29)32)33-22-13-9-20(10-14-22)28-25(31)18-3-7-19(27)8-4-18/h3-14,16,23H,15H2,1-2H3,(H,28,31). The van der Waals surface area contributed by atoms with Crippen molar-refractivity contribution in [2.45, 2.75) is 36.3 Å². The highest BCUT2D eigenvalue weighted by molar-refractivity contribution is 8.00. The van der Waals surface area contributed by atoms with E-state index in [1.165, 1.54) is 40.9 Å². The molecule has 1 heterocycles. The number of carbonyl (C=O) groups excluding carboxylic acids is 3. The zero-order valence-electron chi connectivity index (χ0n) is 18.2. The molecule has 5 nitrogen and oxygen atoms in total. The van der Waals surface area contributed by atoms with Crippen molar-refractivity contribution in [1.82, 2.24) is 0 Å². The summed E-state index contributed by atoms with van der Waals surface area (Å²) in [6.45, 7) is 4.18.